The molecule has 9 nitrogen and oxygen atoms in total. The van der Waals surface area contributed by atoms with Crippen molar-refractivity contribution in [3.8, 4) is 12.3 Å². The summed E-state index contributed by atoms with van der Waals surface area (Å²) >= 11 is 0. The largest absolute Gasteiger partial charge is 0.423 e. The van der Waals surface area contributed by atoms with Gasteiger partial charge in [0.05, 0.1) is 12.7 Å². The number of alkyl halides is 3. The second-order valence-electron chi connectivity index (χ2n) is 7.44. The molecule has 1 aromatic heterocycles. The van der Waals surface area contributed by atoms with Gasteiger partial charge in [-0.15, -0.1) is 6.42 Å². The van der Waals surface area contributed by atoms with Crippen LogP contribution in [0.4, 0.5) is 13.2 Å². The van der Waals surface area contributed by atoms with Crippen LogP contribution in [0.3, 0.4) is 0 Å². The number of hydrogen-bond donors (Lipinski definition) is 0. The predicted molar refractivity (Wildman–Crippen MR) is 116 cm³/mol. The Labute approximate surface area is 198 Å². The van der Waals surface area contributed by atoms with Gasteiger partial charge in [0, 0.05) is 24.8 Å². The zero-order valence-electron chi connectivity index (χ0n) is 18.7. The van der Waals surface area contributed by atoms with E-state index in [1.165, 1.54) is 24.3 Å². The molecule has 1 aromatic carbocycles. The van der Waals surface area contributed by atoms with Crippen LogP contribution in [0.1, 0.15) is 35.5 Å². The summed E-state index contributed by atoms with van der Waals surface area (Å²) in [4.78, 5) is 38.6. The number of rotatable bonds is 9. The summed E-state index contributed by atoms with van der Waals surface area (Å²) in [5, 5.41) is 0. The standard InChI is InChI=1S/C23H23F3N2O7/c1-3-10-34-17-11-19(35-18(17)13-33-14-32-4-2)27-12-16(23(24,25)26)21(30)28(22(27)31)20(29)15-8-6-5-7-9-15/h1,5-9,12,17-19H,4,10-11,13-14H2,2H3/t17-,18+,19+/m0/s1. The SMILES string of the molecule is C#CCO[C@H]1C[C@H](n2cc(C(F)(F)F)c(=O)n(C(=O)c3ccccc3)c2=O)O[C@@H]1COCOCC. The first kappa shape index (κ1) is 26.4. The van der Waals surface area contributed by atoms with Crippen LogP contribution in [0, 0.1) is 12.3 Å². The Bertz CT molecular complexity index is 1180. The highest BCUT2D eigenvalue weighted by Crippen LogP contribution is 2.32. The van der Waals surface area contributed by atoms with Crippen LogP contribution < -0.4 is 11.2 Å². The molecular formula is C23H23F3N2O7. The van der Waals surface area contributed by atoms with Crippen LogP contribution in [0.25, 0.3) is 0 Å². The van der Waals surface area contributed by atoms with E-state index in [4.69, 9.17) is 25.4 Å². The van der Waals surface area contributed by atoms with E-state index in [-0.39, 0.29) is 36.6 Å². The van der Waals surface area contributed by atoms with Gasteiger partial charge in [-0.3, -0.25) is 14.2 Å². The molecule has 1 aliphatic heterocycles. The minimum atomic E-state index is -5.14. The fourth-order valence-electron chi connectivity index (χ4n) is 3.52. The van der Waals surface area contributed by atoms with Crippen LogP contribution in [-0.2, 0) is 25.1 Å². The molecule has 35 heavy (non-hydrogen) atoms. The monoisotopic (exact) mass is 496 g/mol. The van der Waals surface area contributed by atoms with Gasteiger partial charge in [-0.1, -0.05) is 24.1 Å². The lowest BCUT2D eigenvalue weighted by Gasteiger charge is -2.19. The number of nitrogens with zero attached hydrogens (tertiary/aromatic N) is 2. The van der Waals surface area contributed by atoms with Crippen molar-refractivity contribution >= 4 is 5.91 Å². The molecule has 2 aromatic rings. The van der Waals surface area contributed by atoms with Crippen LogP contribution >= 0.6 is 0 Å². The molecule has 1 saturated heterocycles. The van der Waals surface area contributed by atoms with E-state index in [1.54, 1.807) is 13.0 Å². The Balaban J connectivity index is 2.03. The number of ether oxygens (including phenoxy) is 4. The maximum Gasteiger partial charge on any atom is 0.423 e. The van der Waals surface area contributed by atoms with Gasteiger partial charge < -0.3 is 18.9 Å². The Morgan fingerprint density at radius 1 is 1.23 bits per heavy atom. The maximum absolute atomic E-state index is 13.7. The number of terminal acetylenes is 1. The molecule has 12 heteroatoms. The van der Waals surface area contributed by atoms with Crippen molar-refractivity contribution in [1.29, 1.82) is 0 Å². The van der Waals surface area contributed by atoms with Gasteiger partial charge in [0.1, 0.15) is 31.3 Å². The van der Waals surface area contributed by atoms with Gasteiger partial charge in [0.25, 0.3) is 11.5 Å². The Morgan fingerprint density at radius 3 is 2.57 bits per heavy atom. The summed E-state index contributed by atoms with van der Waals surface area (Å²) in [6, 6.07) is 7.02. The summed E-state index contributed by atoms with van der Waals surface area (Å²) in [5.41, 5.74) is -4.89. The normalized spacial score (nSPS) is 20.0. The molecule has 3 rings (SSSR count). The molecule has 2 heterocycles. The lowest BCUT2D eigenvalue weighted by Crippen LogP contribution is -2.47. The number of carbonyl (C=O) groups excluding carboxylic acids is 1. The summed E-state index contributed by atoms with van der Waals surface area (Å²) in [5.74, 6) is 1.09. The number of aromatic nitrogens is 2. The maximum atomic E-state index is 13.7. The number of hydrogen-bond acceptors (Lipinski definition) is 7. The third-order valence-corrected chi connectivity index (χ3v) is 5.17. The zero-order valence-corrected chi connectivity index (χ0v) is 18.7. The van der Waals surface area contributed by atoms with E-state index in [0.29, 0.717) is 17.4 Å². The molecular weight excluding hydrogens is 473 g/mol. The van der Waals surface area contributed by atoms with Gasteiger partial charge in [0.15, 0.2) is 0 Å². The van der Waals surface area contributed by atoms with Crippen molar-refractivity contribution < 1.29 is 36.9 Å². The third kappa shape index (κ3) is 6.07. The van der Waals surface area contributed by atoms with Crippen LogP contribution in [0.5, 0.6) is 0 Å². The fourth-order valence-corrected chi connectivity index (χ4v) is 3.52. The fraction of sp³-hybridized carbons (Fsp3) is 0.435. The molecule has 1 aliphatic rings. The lowest BCUT2D eigenvalue weighted by atomic mass is 10.2. The van der Waals surface area contributed by atoms with E-state index < -0.39 is 47.3 Å². The molecule has 0 spiro atoms. The molecule has 0 aliphatic carbocycles. The Hall–Kier alpha value is -3.24. The minimum Gasteiger partial charge on any atom is -0.363 e. The van der Waals surface area contributed by atoms with Crippen molar-refractivity contribution in [2.24, 2.45) is 0 Å². The molecule has 0 radical (unpaired) electrons. The van der Waals surface area contributed by atoms with E-state index >= 15 is 0 Å². The van der Waals surface area contributed by atoms with Crippen molar-refractivity contribution in [1.82, 2.24) is 9.13 Å². The molecule has 1 fully saturated rings. The molecule has 0 amide bonds. The molecule has 0 saturated carbocycles. The number of halogens is 3. The predicted octanol–water partition coefficient (Wildman–Crippen LogP) is 2.03. The highest BCUT2D eigenvalue weighted by atomic mass is 19.4. The highest BCUT2D eigenvalue weighted by molar-refractivity contribution is 5.95. The smallest absolute Gasteiger partial charge is 0.363 e. The molecule has 0 unspecified atom stereocenters. The van der Waals surface area contributed by atoms with E-state index in [9.17, 15) is 27.6 Å². The van der Waals surface area contributed by atoms with Gasteiger partial charge in [-0.2, -0.15) is 17.7 Å². The first-order valence-corrected chi connectivity index (χ1v) is 10.6. The second kappa shape index (κ2) is 11.5. The van der Waals surface area contributed by atoms with Gasteiger partial charge >= 0.3 is 11.9 Å². The summed E-state index contributed by atoms with van der Waals surface area (Å²) in [6.45, 7) is 1.93. The van der Waals surface area contributed by atoms with Crippen LogP contribution in [0.15, 0.2) is 46.1 Å². The Kier molecular flexibility index (Phi) is 8.63. The first-order valence-electron chi connectivity index (χ1n) is 10.6. The van der Waals surface area contributed by atoms with E-state index in [0.717, 1.165) is 0 Å². The zero-order chi connectivity index (χ0) is 25.6. The van der Waals surface area contributed by atoms with Crippen molar-refractivity contribution in [2.75, 3.05) is 26.6 Å². The van der Waals surface area contributed by atoms with Crippen molar-refractivity contribution in [3.05, 3.63) is 68.5 Å². The van der Waals surface area contributed by atoms with Gasteiger partial charge in [0.2, 0.25) is 0 Å². The van der Waals surface area contributed by atoms with Crippen molar-refractivity contribution in [2.45, 2.75) is 38.0 Å². The quantitative estimate of drug-likeness (QED) is 0.298. The summed E-state index contributed by atoms with van der Waals surface area (Å²) < 4.78 is 63.3. The molecule has 3 atom stereocenters. The number of benzene rings is 1. The molecule has 188 valence electrons. The summed E-state index contributed by atoms with van der Waals surface area (Å²) in [6.07, 6.45) is -2.46. The molecule has 0 bridgehead atoms. The average Bonchev–Trinajstić information content (AvgIpc) is 3.22. The highest BCUT2D eigenvalue weighted by Gasteiger charge is 2.41. The van der Waals surface area contributed by atoms with Gasteiger partial charge in [-0.05, 0) is 19.1 Å². The van der Waals surface area contributed by atoms with Crippen LogP contribution in [0.2, 0.25) is 0 Å². The van der Waals surface area contributed by atoms with Gasteiger partial charge in [-0.25, -0.2) is 4.79 Å². The minimum absolute atomic E-state index is 0.0439. The second-order valence-corrected chi connectivity index (χ2v) is 7.44. The molecule has 0 N–H and O–H groups in total. The van der Waals surface area contributed by atoms with E-state index in [1.807, 2.05) is 0 Å². The van der Waals surface area contributed by atoms with Crippen LogP contribution in [-0.4, -0.2) is 53.9 Å². The first-order chi connectivity index (χ1) is 16.7. The average molecular weight is 496 g/mol. The van der Waals surface area contributed by atoms with E-state index in [2.05, 4.69) is 5.92 Å². The Morgan fingerprint density at radius 2 is 1.94 bits per heavy atom. The topological polar surface area (TPSA) is 98.0 Å². The lowest BCUT2D eigenvalue weighted by molar-refractivity contribution is -0.140. The third-order valence-electron chi connectivity index (χ3n) is 5.17. The number of carbonyl (C=O) groups is 1. The summed E-state index contributed by atoms with van der Waals surface area (Å²) in [7, 11) is 0. The van der Waals surface area contributed by atoms with Crippen molar-refractivity contribution in [3.63, 3.8) is 0 Å².